The van der Waals surface area contributed by atoms with E-state index in [1.54, 1.807) is 6.92 Å². The molecule has 0 aromatic carbocycles. The fourth-order valence-electron chi connectivity index (χ4n) is 1.73. The van der Waals surface area contributed by atoms with Crippen LogP contribution < -0.4 is 0 Å². The molecule has 0 aliphatic heterocycles. The zero-order valence-corrected chi connectivity index (χ0v) is 8.16. The van der Waals surface area contributed by atoms with Gasteiger partial charge in [0.05, 0.1) is 0 Å². The van der Waals surface area contributed by atoms with Crippen LogP contribution in [0.1, 0.15) is 45.4 Å². The van der Waals surface area contributed by atoms with Crippen molar-refractivity contribution < 1.29 is 4.92 Å². The van der Waals surface area contributed by atoms with Gasteiger partial charge in [-0.15, -0.1) is 0 Å². The van der Waals surface area contributed by atoms with Gasteiger partial charge in [0.25, 0.3) is 0 Å². The van der Waals surface area contributed by atoms with Crippen LogP contribution in [0.5, 0.6) is 0 Å². The summed E-state index contributed by atoms with van der Waals surface area (Å²) in [6, 6.07) is -0.474. The molecule has 3 nitrogen and oxygen atoms in total. The number of nitro groups is 1. The highest BCUT2D eigenvalue weighted by atomic mass is 16.6. The predicted octanol–water partition coefficient (Wildman–Crippen LogP) is 2.93. The van der Waals surface area contributed by atoms with Crippen molar-refractivity contribution in [3.05, 3.63) is 21.8 Å². The quantitative estimate of drug-likeness (QED) is 0.375. The third-order valence-corrected chi connectivity index (χ3v) is 2.68. The van der Waals surface area contributed by atoms with Crippen molar-refractivity contribution >= 4 is 0 Å². The lowest BCUT2D eigenvalue weighted by atomic mass is 9.96. The number of nitrogens with zero attached hydrogens (tertiary/aromatic N) is 1. The van der Waals surface area contributed by atoms with Crippen LogP contribution in [0.4, 0.5) is 0 Å². The van der Waals surface area contributed by atoms with Gasteiger partial charge in [-0.1, -0.05) is 18.9 Å². The average molecular weight is 183 g/mol. The molecule has 0 fully saturated rings. The standard InChI is InChI=1S/C10H17NO2/c1-9(11(12)13)10-7-5-3-2-4-6-8-10/h7,9H,2-6,8H2,1H3/b10-7+. The van der Waals surface area contributed by atoms with Gasteiger partial charge in [-0.05, 0) is 31.3 Å². The van der Waals surface area contributed by atoms with Gasteiger partial charge in [-0.3, -0.25) is 10.1 Å². The molecule has 0 N–H and O–H groups in total. The minimum absolute atomic E-state index is 0.187. The van der Waals surface area contributed by atoms with Gasteiger partial charge in [0.1, 0.15) is 0 Å². The summed E-state index contributed by atoms with van der Waals surface area (Å²) < 4.78 is 0. The molecule has 0 radical (unpaired) electrons. The highest BCUT2D eigenvalue weighted by molar-refractivity contribution is 5.07. The zero-order chi connectivity index (χ0) is 9.68. The smallest absolute Gasteiger partial charge is 0.231 e. The molecule has 0 spiro atoms. The SMILES string of the molecule is CC(/C1=C/CCCCCC1)[N+](=O)[O-]. The highest BCUT2D eigenvalue weighted by Gasteiger charge is 2.18. The van der Waals surface area contributed by atoms with Crippen LogP contribution in [-0.4, -0.2) is 11.0 Å². The van der Waals surface area contributed by atoms with Crippen LogP contribution in [0.2, 0.25) is 0 Å². The minimum atomic E-state index is -0.474. The van der Waals surface area contributed by atoms with Gasteiger partial charge >= 0.3 is 0 Å². The first-order valence-corrected chi connectivity index (χ1v) is 5.04. The fourth-order valence-corrected chi connectivity index (χ4v) is 1.73. The molecule has 1 aliphatic rings. The molecular formula is C10H17NO2. The van der Waals surface area contributed by atoms with E-state index >= 15 is 0 Å². The van der Waals surface area contributed by atoms with E-state index in [9.17, 15) is 10.1 Å². The number of rotatable bonds is 2. The lowest BCUT2D eigenvalue weighted by Gasteiger charge is -2.12. The van der Waals surface area contributed by atoms with E-state index in [1.807, 2.05) is 0 Å². The third kappa shape index (κ3) is 3.17. The molecule has 1 aliphatic carbocycles. The second-order valence-corrected chi connectivity index (χ2v) is 3.69. The maximum atomic E-state index is 10.6. The molecule has 74 valence electrons. The summed E-state index contributed by atoms with van der Waals surface area (Å²) in [5, 5.41) is 10.6. The van der Waals surface area contributed by atoms with Crippen molar-refractivity contribution in [3.63, 3.8) is 0 Å². The van der Waals surface area contributed by atoms with Crippen molar-refractivity contribution in [2.45, 2.75) is 51.5 Å². The van der Waals surface area contributed by atoms with E-state index < -0.39 is 6.04 Å². The molecule has 13 heavy (non-hydrogen) atoms. The normalized spacial score (nSPS) is 25.2. The monoisotopic (exact) mass is 183 g/mol. The van der Waals surface area contributed by atoms with Crippen LogP contribution >= 0.6 is 0 Å². The Morgan fingerprint density at radius 3 is 2.77 bits per heavy atom. The topological polar surface area (TPSA) is 43.1 Å². The summed E-state index contributed by atoms with van der Waals surface area (Å²) in [5.74, 6) is 0. The van der Waals surface area contributed by atoms with Gasteiger partial charge in [-0.2, -0.15) is 0 Å². The Kier molecular flexibility index (Phi) is 3.93. The molecular weight excluding hydrogens is 166 g/mol. The lowest BCUT2D eigenvalue weighted by molar-refractivity contribution is -0.508. The summed E-state index contributed by atoms with van der Waals surface area (Å²) in [6.45, 7) is 1.69. The number of allylic oxidation sites excluding steroid dienone is 1. The molecule has 0 saturated carbocycles. The van der Waals surface area contributed by atoms with E-state index in [1.165, 1.54) is 19.3 Å². The third-order valence-electron chi connectivity index (χ3n) is 2.68. The lowest BCUT2D eigenvalue weighted by Crippen LogP contribution is -2.18. The molecule has 1 rings (SSSR count). The summed E-state index contributed by atoms with van der Waals surface area (Å²) in [6.07, 6.45) is 8.82. The summed E-state index contributed by atoms with van der Waals surface area (Å²) >= 11 is 0. The van der Waals surface area contributed by atoms with E-state index in [2.05, 4.69) is 6.08 Å². The minimum Gasteiger partial charge on any atom is -0.264 e. The van der Waals surface area contributed by atoms with Crippen LogP contribution in [0.15, 0.2) is 11.6 Å². The molecule has 1 unspecified atom stereocenters. The van der Waals surface area contributed by atoms with Crippen molar-refractivity contribution in [1.29, 1.82) is 0 Å². The molecule has 0 heterocycles. The van der Waals surface area contributed by atoms with Crippen LogP contribution in [0.3, 0.4) is 0 Å². The summed E-state index contributed by atoms with van der Waals surface area (Å²) in [4.78, 5) is 10.4. The van der Waals surface area contributed by atoms with Gasteiger partial charge in [0, 0.05) is 11.8 Å². The Bertz CT molecular complexity index is 211. The first kappa shape index (κ1) is 10.2. The van der Waals surface area contributed by atoms with E-state index in [0.29, 0.717) is 0 Å². The Morgan fingerprint density at radius 1 is 1.38 bits per heavy atom. The molecule has 0 amide bonds. The second kappa shape index (κ2) is 5.00. The molecule has 0 aromatic heterocycles. The van der Waals surface area contributed by atoms with E-state index in [0.717, 1.165) is 24.8 Å². The maximum Gasteiger partial charge on any atom is 0.231 e. The predicted molar refractivity (Wildman–Crippen MR) is 52.2 cm³/mol. The van der Waals surface area contributed by atoms with Gasteiger partial charge in [0.15, 0.2) is 0 Å². The zero-order valence-electron chi connectivity index (χ0n) is 8.16. The number of hydrogen-bond acceptors (Lipinski definition) is 2. The van der Waals surface area contributed by atoms with Crippen molar-refractivity contribution in [3.8, 4) is 0 Å². The summed E-state index contributed by atoms with van der Waals surface area (Å²) in [7, 11) is 0. The van der Waals surface area contributed by atoms with Crippen LogP contribution in [0, 0.1) is 10.1 Å². The summed E-state index contributed by atoms with van der Waals surface area (Å²) in [5.41, 5.74) is 1.03. The molecule has 1 atom stereocenters. The molecule has 0 aromatic rings. The van der Waals surface area contributed by atoms with Crippen molar-refractivity contribution in [1.82, 2.24) is 0 Å². The van der Waals surface area contributed by atoms with Crippen LogP contribution in [-0.2, 0) is 0 Å². The molecule has 0 saturated heterocycles. The van der Waals surface area contributed by atoms with Gasteiger partial charge < -0.3 is 0 Å². The van der Waals surface area contributed by atoms with Crippen molar-refractivity contribution in [2.24, 2.45) is 0 Å². The van der Waals surface area contributed by atoms with Crippen molar-refractivity contribution in [2.75, 3.05) is 0 Å². The first-order chi connectivity index (χ1) is 6.22. The maximum absolute atomic E-state index is 10.6. The Labute approximate surface area is 79.0 Å². The Morgan fingerprint density at radius 2 is 2.08 bits per heavy atom. The van der Waals surface area contributed by atoms with Crippen LogP contribution in [0.25, 0.3) is 0 Å². The van der Waals surface area contributed by atoms with E-state index in [4.69, 9.17) is 0 Å². The molecule has 0 bridgehead atoms. The Hall–Kier alpha value is -0.860. The molecule has 3 heteroatoms. The van der Waals surface area contributed by atoms with Gasteiger partial charge in [0.2, 0.25) is 6.04 Å². The largest absolute Gasteiger partial charge is 0.264 e. The average Bonchev–Trinajstić information content (AvgIpc) is 2.02. The second-order valence-electron chi connectivity index (χ2n) is 3.69. The van der Waals surface area contributed by atoms with E-state index in [-0.39, 0.29) is 4.92 Å². The number of hydrogen-bond donors (Lipinski definition) is 0. The highest BCUT2D eigenvalue weighted by Crippen LogP contribution is 2.20. The first-order valence-electron chi connectivity index (χ1n) is 5.04. The van der Waals surface area contributed by atoms with Gasteiger partial charge in [-0.25, -0.2) is 0 Å². The Balaban J connectivity index is 2.58. The fraction of sp³-hybridized carbons (Fsp3) is 0.800.